The fraction of sp³-hybridized carbons (Fsp3) is 0.538. The average Bonchev–Trinajstić information content (AvgIpc) is 4.12. The molecule has 0 radical (unpaired) electrons. The van der Waals surface area contributed by atoms with Crippen LogP contribution in [0.3, 0.4) is 0 Å². The van der Waals surface area contributed by atoms with Gasteiger partial charge in [0.15, 0.2) is 6.10 Å². The Bertz CT molecular complexity index is 1590. The number of hydrogen-bond donors (Lipinski definition) is 7. The number of carbonyl (C=O) groups excluding carboxylic acids is 1. The third-order valence-electron chi connectivity index (χ3n) is 9.67. The van der Waals surface area contributed by atoms with Gasteiger partial charge in [-0.2, -0.15) is 0 Å². The summed E-state index contributed by atoms with van der Waals surface area (Å²) in [5.74, 6) is 0.887. The summed E-state index contributed by atoms with van der Waals surface area (Å²) in [6.45, 7) is 2.39. The maximum Gasteiger partial charge on any atom is 0.254 e. The minimum absolute atomic E-state index is 0.0924. The van der Waals surface area contributed by atoms with Crippen molar-refractivity contribution in [1.29, 1.82) is 0 Å². The highest BCUT2D eigenvalue weighted by Gasteiger charge is 2.46. The van der Waals surface area contributed by atoms with E-state index in [1.807, 2.05) is 18.5 Å². The molecule has 284 valence electrons. The van der Waals surface area contributed by atoms with Crippen LogP contribution in [-0.2, 0) is 21.6 Å². The maximum atomic E-state index is 13.0. The van der Waals surface area contributed by atoms with Gasteiger partial charge in [-0.05, 0) is 97.7 Å². The summed E-state index contributed by atoms with van der Waals surface area (Å²) in [6.07, 6.45) is 2.18. The number of ether oxygens (including phenoxy) is 2. The van der Waals surface area contributed by atoms with Gasteiger partial charge in [0.05, 0.1) is 32.5 Å². The Morgan fingerprint density at radius 1 is 1.00 bits per heavy atom. The number of aryl methyl sites for hydroxylation is 1. The number of aliphatic hydroxyl groups is 6. The minimum Gasteiger partial charge on any atom is -0.490 e. The topological polar surface area (TPSA) is 185 Å². The van der Waals surface area contributed by atoms with E-state index >= 15 is 0 Å². The molecule has 1 aromatic heterocycles. The van der Waals surface area contributed by atoms with E-state index in [9.17, 15) is 25.2 Å². The van der Waals surface area contributed by atoms with Crippen LogP contribution >= 0.6 is 11.8 Å². The number of aromatic nitrogens is 1. The fourth-order valence-electron chi connectivity index (χ4n) is 6.15. The average molecular weight is 740 g/mol. The molecule has 1 amide bonds. The molecule has 12 nitrogen and oxygen atoms in total. The van der Waals surface area contributed by atoms with Crippen molar-refractivity contribution in [3.8, 4) is 16.9 Å². The number of aliphatic hydroxyl groups excluding tert-OH is 6. The van der Waals surface area contributed by atoms with Crippen LogP contribution in [0.2, 0.25) is 0 Å². The molecule has 13 heteroatoms. The van der Waals surface area contributed by atoms with Gasteiger partial charge in [0, 0.05) is 48.0 Å². The summed E-state index contributed by atoms with van der Waals surface area (Å²) < 4.78 is 11.6. The molecule has 0 spiro atoms. The highest BCUT2D eigenvalue weighted by Crippen LogP contribution is 2.50. The first kappa shape index (κ1) is 40.1. The van der Waals surface area contributed by atoms with Crippen molar-refractivity contribution >= 4 is 17.7 Å². The quantitative estimate of drug-likeness (QED) is 0.0558. The van der Waals surface area contributed by atoms with Crippen molar-refractivity contribution in [3.05, 3.63) is 77.6 Å². The number of amides is 1. The van der Waals surface area contributed by atoms with E-state index in [-0.39, 0.29) is 38.4 Å². The number of hydrogen-bond acceptors (Lipinski definition) is 12. The normalized spacial score (nSPS) is 17.3. The van der Waals surface area contributed by atoms with E-state index in [2.05, 4.69) is 59.7 Å². The molecule has 4 unspecified atom stereocenters. The van der Waals surface area contributed by atoms with Crippen molar-refractivity contribution in [2.24, 2.45) is 0 Å². The smallest absolute Gasteiger partial charge is 0.254 e. The Labute approximate surface area is 309 Å². The summed E-state index contributed by atoms with van der Waals surface area (Å²) >= 11 is 1.72. The molecule has 2 saturated carbocycles. The van der Waals surface area contributed by atoms with E-state index < -0.39 is 36.9 Å². The molecule has 2 aromatic carbocycles. The van der Waals surface area contributed by atoms with Gasteiger partial charge < -0.3 is 50.3 Å². The molecular weight excluding hydrogens is 687 g/mol. The van der Waals surface area contributed by atoms with Crippen LogP contribution in [0.1, 0.15) is 55.2 Å². The summed E-state index contributed by atoms with van der Waals surface area (Å²) in [6, 6.07) is 16.8. The zero-order chi connectivity index (χ0) is 37.1. The zero-order valence-corrected chi connectivity index (χ0v) is 30.6. The van der Waals surface area contributed by atoms with Crippen LogP contribution in [0.25, 0.3) is 11.1 Å². The zero-order valence-electron chi connectivity index (χ0n) is 29.8. The molecule has 0 bridgehead atoms. The Balaban J connectivity index is 1.15. The summed E-state index contributed by atoms with van der Waals surface area (Å²) in [4.78, 5) is 20.0. The summed E-state index contributed by atoms with van der Waals surface area (Å²) in [5, 5.41) is 62.3. The molecule has 1 heterocycles. The van der Waals surface area contributed by atoms with Crippen LogP contribution < -0.4 is 10.1 Å². The van der Waals surface area contributed by atoms with Gasteiger partial charge in [-0.3, -0.25) is 9.78 Å². The second kappa shape index (κ2) is 19.3. The monoisotopic (exact) mass is 739 g/mol. The Hall–Kier alpha value is -3.11. The van der Waals surface area contributed by atoms with Crippen LogP contribution in [0.4, 0.5) is 0 Å². The predicted molar refractivity (Wildman–Crippen MR) is 198 cm³/mol. The number of pyridine rings is 1. The lowest BCUT2D eigenvalue weighted by molar-refractivity contribution is -0.159. The van der Waals surface area contributed by atoms with E-state index in [4.69, 9.17) is 19.7 Å². The van der Waals surface area contributed by atoms with Crippen LogP contribution in [0, 0.1) is 6.92 Å². The van der Waals surface area contributed by atoms with E-state index in [0.29, 0.717) is 19.1 Å². The van der Waals surface area contributed by atoms with Gasteiger partial charge in [0.1, 0.15) is 24.1 Å². The molecule has 0 aliphatic heterocycles. The molecule has 2 aliphatic rings. The maximum absolute atomic E-state index is 13.0. The molecule has 0 saturated heterocycles. The van der Waals surface area contributed by atoms with Crippen molar-refractivity contribution in [1.82, 2.24) is 15.2 Å². The van der Waals surface area contributed by atoms with Gasteiger partial charge in [0.25, 0.3) is 5.91 Å². The number of benzene rings is 2. The lowest BCUT2D eigenvalue weighted by atomic mass is 9.94. The van der Waals surface area contributed by atoms with Crippen molar-refractivity contribution in [2.45, 2.75) is 92.9 Å². The highest BCUT2D eigenvalue weighted by molar-refractivity contribution is 7.99. The van der Waals surface area contributed by atoms with Gasteiger partial charge in [-0.1, -0.05) is 24.3 Å². The number of para-hydroxylation sites is 1. The van der Waals surface area contributed by atoms with Gasteiger partial charge in [-0.15, -0.1) is 11.8 Å². The molecular formula is C39H53N3O9S. The lowest BCUT2D eigenvalue weighted by Crippen LogP contribution is -2.53. The third kappa shape index (κ3) is 10.7. The van der Waals surface area contributed by atoms with Crippen molar-refractivity contribution < 1.29 is 44.9 Å². The SMILES string of the molecule is Cc1ccc(SCCCCN(CCOCCO)C(=O)C(O)C(O)C(O)C(O)CO)cc1CNC1(c2cnccc2-c2ccccc2OC2CC2)CC1. The lowest BCUT2D eigenvalue weighted by Gasteiger charge is -2.30. The van der Waals surface area contributed by atoms with Gasteiger partial charge >= 0.3 is 0 Å². The Morgan fingerprint density at radius 3 is 2.52 bits per heavy atom. The number of thioether (sulfide) groups is 1. The first-order valence-electron chi connectivity index (χ1n) is 18.2. The molecule has 7 N–H and O–H groups in total. The molecule has 52 heavy (non-hydrogen) atoms. The number of unbranched alkanes of at least 4 members (excludes halogenated alkanes) is 1. The number of nitrogens with zero attached hydrogens (tertiary/aromatic N) is 2. The van der Waals surface area contributed by atoms with E-state index in [1.165, 1.54) is 21.6 Å². The summed E-state index contributed by atoms with van der Waals surface area (Å²) in [7, 11) is 0. The molecule has 2 aliphatic carbocycles. The number of carbonyl (C=O) groups is 1. The number of nitrogens with one attached hydrogen (secondary N) is 1. The summed E-state index contributed by atoms with van der Waals surface area (Å²) in [5.41, 5.74) is 5.72. The molecule has 3 aromatic rings. The van der Waals surface area contributed by atoms with Crippen LogP contribution in [0.5, 0.6) is 5.75 Å². The molecule has 2 fully saturated rings. The third-order valence-corrected chi connectivity index (χ3v) is 10.8. The standard InChI is InChI=1S/C39H53N3O9S/c1-26-8-11-29(52-21-5-4-16-42(17-19-50-20-18-43)38(49)37(48)36(47)35(46)33(45)25-44)22-27(26)23-41-39(13-14-39)32-24-40-15-12-30(32)31-6-2-3-7-34(31)51-28-9-10-28/h2-3,6-8,11-12,15,22,24,28,33,35-37,41,43-48H,4-5,9-10,13-14,16-21,23,25H2,1H3. The Morgan fingerprint density at radius 2 is 1.79 bits per heavy atom. The largest absolute Gasteiger partial charge is 0.490 e. The van der Waals surface area contributed by atoms with Crippen LogP contribution in [-0.4, -0.2) is 122 Å². The van der Waals surface area contributed by atoms with Gasteiger partial charge in [0.2, 0.25) is 0 Å². The van der Waals surface area contributed by atoms with Crippen molar-refractivity contribution in [3.63, 3.8) is 0 Å². The second-order valence-electron chi connectivity index (χ2n) is 13.7. The highest BCUT2D eigenvalue weighted by atomic mass is 32.2. The first-order valence-corrected chi connectivity index (χ1v) is 19.1. The molecule has 4 atom stereocenters. The molecule has 5 rings (SSSR count). The van der Waals surface area contributed by atoms with Gasteiger partial charge in [-0.25, -0.2) is 0 Å². The van der Waals surface area contributed by atoms with Crippen LogP contribution in [0.15, 0.2) is 65.8 Å². The fourth-order valence-corrected chi connectivity index (χ4v) is 7.12. The van der Waals surface area contributed by atoms with E-state index in [0.717, 1.165) is 59.6 Å². The Kier molecular flexibility index (Phi) is 14.9. The second-order valence-corrected chi connectivity index (χ2v) is 14.8. The van der Waals surface area contributed by atoms with Crippen molar-refractivity contribution in [2.75, 3.05) is 45.3 Å². The minimum atomic E-state index is -2.00. The predicted octanol–water partition coefficient (Wildman–Crippen LogP) is 2.52. The first-order chi connectivity index (χ1) is 25.2. The number of rotatable bonds is 23. The van der Waals surface area contributed by atoms with E-state index in [1.54, 1.807) is 11.8 Å².